The SMILES string of the molecule is CN=C(NCCC1=CCOCC1)NCc1ccc(F)c(C)c1. The van der Waals surface area contributed by atoms with Crippen LogP contribution in [0.5, 0.6) is 0 Å². The molecule has 2 N–H and O–H groups in total. The van der Waals surface area contributed by atoms with Gasteiger partial charge in [0, 0.05) is 20.1 Å². The summed E-state index contributed by atoms with van der Waals surface area (Å²) in [5, 5.41) is 6.54. The van der Waals surface area contributed by atoms with Gasteiger partial charge in [-0.15, -0.1) is 0 Å². The van der Waals surface area contributed by atoms with Crippen molar-refractivity contribution in [1.82, 2.24) is 10.6 Å². The highest BCUT2D eigenvalue weighted by atomic mass is 19.1. The first-order valence-corrected chi connectivity index (χ1v) is 7.64. The topological polar surface area (TPSA) is 45.7 Å². The number of hydrogen-bond donors (Lipinski definition) is 2. The first-order valence-electron chi connectivity index (χ1n) is 7.64. The summed E-state index contributed by atoms with van der Waals surface area (Å²) < 4.78 is 18.5. The van der Waals surface area contributed by atoms with Gasteiger partial charge in [0.25, 0.3) is 0 Å². The van der Waals surface area contributed by atoms with Crippen LogP contribution < -0.4 is 10.6 Å². The van der Waals surface area contributed by atoms with Crippen LogP contribution in [0.2, 0.25) is 0 Å². The van der Waals surface area contributed by atoms with Gasteiger partial charge in [-0.25, -0.2) is 4.39 Å². The molecule has 0 spiro atoms. The van der Waals surface area contributed by atoms with Crippen LogP contribution in [0.4, 0.5) is 4.39 Å². The number of benzene rings is 1. The molecule has 0 atom stereocenters. The molecule has 0 saturated heterocycles. The van der Waals surface area contributed by atoms with Crippen molar-refractivity contribution in [3.8, 4) is 0 Å². The summed E-state index contributed by atoms with van der Waals surface area (Å²) in [6.45, 7) is 4.79. The summed E-state index contributed by atoms with van der Waals surface area (Å²) in [7, 11) is 1.75. The van der Waals surface area contributed by atoms with Crippen molar-refractivity contribution in [3.63, 3.8) is 0 Å². The Morgan fingerprint density at radius 1 is 1.36 bits per heavy atom. The molecule has 0 fully saturated rings. The number of aliphatic imine (C=N–C) groups is 1. The Kier molecular flexibility index (Phi) is 6.40. The quantitative estimate of drug-likeness (QED) is 0.499. The van der Waals surface area contributed by atoms with Crippen LogP contribution in [0.25, 0.3) is 0 Å². The highest BCUT2D eigenvalue weighted by Crippen LogP contribution is 2.11. The molecule has 0 unspecified atom stereocenters. The summed E-state index contributed by atoms with van der Waals surface area (Å²) in [5.74, 6) is 0.589. The Labute approximate surface area is 131 Å². The van der Waals surface area contributed by atoms with Crippen molar-refractivity contribution in [1.29, 1.82) is 0 Å². The van der Waals surface area contributed by atoms with Gasteiger partial charge in [0.05, 0.1) is 13.2 Å². The minimum absolute atomic E-state index is 0.170. The maximum atomic E-state index is 13.2. The van der Waals surface area contributed by atoms with E-state index in [-0.39, 0.29) is 5.82 Å². The lowest BCUT2D eigenvalue weighted by atomic mass is 10.1. The lowest BCUT2D eigenvalue weighted by Gasteiger charge is -2.15. The van der Waals surface area contributed by atoms with Gasteiger partial charge in [0.15, 0.2) is 5.96 Å². The third kappa shape index (κ3) is 5.15. The van der Waals surface area contributed by atoms with Crippen LogP contribution in [0, 0.1) is 12.7 Å². The molecule has 0 bridgehead atoms. The van der Waals surface area contributed by atoms with E-state index in [9.17, 15) is 4.39 Å². The number of guanidine groups is 1. The normalized spacial score (nSPS) is 15.4. The molecule has 4 nitrogen and oxygen atoms in total. The molecule has 1 aromatic carbocycles. The number of halogens is 1. The maximum absolute atomic E-state index is 13.2. The second kappa shape index (κ2) is 8.54. The van der Waals surface area contributed by atoms with Crippen LogP contribution in [0.3, 0.4) is 0 Å². The first-order chi connectivity index (χ1) is 10.7. The zero-order chi connectivity index (χ0) is 15.8. The summed E-state index contributed by atoms with van der Waals surface area (Å²) in [6.07, 6.45) is 4.17. The minimum atomic E-state index is -0.170. The van der Waals surface area contributed by atoms with Crippen LogP contribution in [-0.2, 0) is 11.3 Å². The molecule has 0 aliphatic carbocycles. The smallest absolute Gasteiger partial charge is 0.191 e. The molecule has 1 heterocycles. The molecular formula is C17H24FN3O. The number of hydrogen-bond acceptors (Lipinski definition) is 2. The number of aryl methyl sites for hydroxylation is 1. The van der Waals surface area contributed by atoms with Gasteiger partial charge in [-0.05, 0) is 37.0 Å². The van der Waals surface area contributed by atoms with E-state index < -0.39 is 0 Å². The molecule has 1 aromatic rings. The van der Waals surface area contributed by atoms with E-state index in [2.05, 4.69) is 21.7 Å². The minimum Gasteiger partial charge on any atom is -0.377 e. The Balaban J connectivity index is 1.75. The van der Waals surface area contributed by atoms with Crippen LogP contribution >= 0.6 is 0 Å². The highest BCUT2D eigenvalue weighted by molar-refractivity contribution is 5.79. The highest BCUT2D eigenvalue weighted by Gasteiger charge is 2.05. The molecule has 0 radical (unpaired) electrons. The standard InChI is InChI=1S/C17H24FN3O/c1-13-11-15(3-4-16(13)18)12-21-17(19-2)20-8-5-14-6-9-22-10-7-14/h3-4,6,11H,5,7-10,12H2,1-2H3,(H2,19,20,21). The number of rotatable bonds is 5. The molecule has 0 amide bonds. The van der Waals surface area contributed by atoms with E-state index >= 15 is 0 Å². The van der Waals surface area contributed by atoms with Crippen molar-refractivity contribution in [2.24, 2.45) is 4.99 Å². The molecule has 1 aliphatic rings. The molecule has 5 heteroatoms. The zero-order valence-electron chi connectivity index (χ0n) is 13.3. The average molecular weight is 305 g/mol. The molecule has 0 saturated carbocycles. The van der Waals surface area contributed by atoms with Crippen molar-refractivity contribution < 1.29 is 9.13 Å². The number of nitrogens with one attached hydrogen (secondary N) is 2. The van der Waals surface area contributed by atoms with E-state index in [4.69, 9.17) is 4.74 Å². The van der Waals surface area contributed by atoms with E-state index in [0.717, 1.165) is 44.1 Å². The van der Waals surface area contributed by atoms with Crippen LogP contribution in [-0.4, -0.2) is 32.8 Å². The monoisotopic (exact) mass is 305 g/mol. The summed E-state index contributed by atoms with van der Waals surface area (Å²) in [6, 6.07) is 5.14. The maximum Gasteiger partial charge on any atom is 0.191 e. The molecular weight excluding hydrogens is 281 g/mol. The lowest BCUT2D eigenvalue weighted by molar-refractivity contribution is 0.153. The predicted molar refractivity (Wildman–Crippen MR) is 87.5 cm³/mol. The van der Waals surface area contributed by atoms with Gasteiger partial charge in [0.2, 0.25) is 0 Å². The average Bonchev–Trinajstić information content (AvgIpc) is 2.55. The third-order valence-electron chi connectivity index (χ3n) is 3.70. The second-order valence-electron chi connectivity index (χ2n) is 5.37. The van der Waals surface area contributed by atoms with E-state index in [0.29, 0.717) is 12.1 Å². The molecule has 1 aliphatic heterocycles. The lowest BCUT2D eigenvalue weighted by Crippen LogP contribution is -2.37. The fourth-order valence-electron chi connectivity index (χ4n) is 2.36. The van der Waals surface area contributed by atoms with E-state index in [1.54, 1.807) is 20.0 Å². The molecule has 120 valence electrons. The molecule has 2 rings (SSSR count). The predicted octanol–water partition coefficient (Wildman–Crippen LogP) is 2.54. The fraction of sp³-hybridized carbons (Fsp3) is 0.471. The van der Waals surface area contributed by atoms with Gasteiger partial charge >= 0.3 is 0 Å². The largest absolute Gasteiger partial charge is 0.377 e. The van der Waals surface area contributed by atoms with Gasteiger partial charge < -0.3 is 15.4 Å². The van der Waals surface area contributed by atoms with Crippen LogP contribution in [0.15, 0.2) is 34.8 Å². The van der Waals surface area contributed by atoms with Crippen LogP contribution in [0.1, 0.15) is 24.0 Å². The van der Waals surface area contributed by atoms with Gasteiger partial charge in [-0.2, -0.15) is 0 Å². The Bertz CT molecular complexity index is 555. The van der Waals surface area contributed by atoms with E-state index in [1.165, 1.54) is 11.6 Å². The first kappa shape index (κ1) is 16.5. The van der Waals surface area contributed by atoms with E-state index in [1.807, 2.05) is 6.07 Å². The Hall–Kier alpha value is -1.88. The van der Waals surface area contributed by atoms with Gasteiger partial charge in [-0.3, -0.25) is 4.99 Å². The second-order valence-corrected chi connectivity index (χ2v) is 5.37. The Morgan fingerprint density at radius 2 is 2.23 bits per heavy atom. The summed E-state index contributed by atoms with van der Waals surface area (Å²) in [5.41, 5.74) is 3.13. The van der Waals surface area contributed by atoms with Crippen molar-refractivity contribution in [2.45, 2.75) is 26.3 Å². The summed E-state index contributed by atoms with van der Waals surface area (Å²) in [4.78, 5) is 4.20. The van der Waals surface area contributed by atoms with Gasteiger partial charge in [-0.1, -0.05) is 23.8 Å². The number of nitrogens with zero attached hydrogens (tertiary/aromatic N) is 1. The zero-order valence-corrected chi connectivity index (χ0v) is 13.3. The van der Waals surface area contributed by atoms with Gasteiger partial charge in [0.1, 0.15) is 5.82 Å². The fourth-order valence-corrected chi connectivity index (χ4v) is 2.36. The number of ether oxygens (including phenoxy) is 1. The third-order valence-corrected chi connectivity index (χ3v) is 3.70. The Morgan fingerprint density at radius 3 is 2.91 bits per heavy atom. The van der Waals surface area contributed by atoms with Crippen molar-refractivity contribution in [3.05, 3.63) is 46.8 Å². The molecule has 0 aromatic heterocycles. The molecule has 22 heavy (non-hydrogen) atoms. The van der Waals surface area contributed by atoms with Crippen molar-refractivity contribution >= 4 is 5.96 Å². The van der Waals surface area contributed by atoms with Crippen molar-refractivity contribution in [2.75, 3.05) is 26.8 Å². The summed E-state index contributed by atoms with van der Waals surface area (Å²) >= 11 is 0.